The van der Waals surface area contributed by atoms with Crippen LogP contribution >= 0.6 is 0 Å². The lowest BCUT2D eigenvalue weighted by molar-refractivity contribution is -0.119. The molecule has 1 amide bonds. The Morgan fingerprint density at radius 1 is 1.22 bits per heavy atom. The highest BCUT2D eigenvalue weighted by molar-refractivity contribution is 5.87. The van der Waals surface area contributed by atoms with Gasteiger partial charge in [-0.25, -0.2) is 0 Å². The SMILES string of the molecule is CNC(=O)CNCc1c(O)ccc2ccccc12. The van der Waals surface area contributed by atoms with E-state index >= 15 is 0 Å². The number of phenolic OH excluding ortho intramolecular Hbond substituents is 1. The fourth-order valence-corrected chi connectivity index (χ4v) is 1.90. The molecule has 2 rings (SSSR count). The molecule has 3 N–H and O–H groups in total. The Kier molecular flexibility index (Phi) is 3.79. The summed E-state index contributed by atoms with van der Waals surface area (Å²) in [5, 5.41) is 17.5. The van der Waals surface area contributed by atoms with Gasteiger partial charge in [0.25, 0.3) is 0 Å². The number of phenols is 1. The lowest BCUT2D eigenvalue weighted by Gasteiger charge is -2.10. The number of fused-ring (bicyclic) bond motifs is 1. The average molecular weight is 244 g/mol. The standard InChI is InChI=1S/C14H16N2O2/c1-15-14(18)9-16-8-12-11-5-3-2-4-10(11)6-7-13(12)17/h2-7,16-17H,8-9H2,1H3,(H,15,18). The molecule has 2 aromatic carbocycles. The second-order valence-corrected chi connectivity index (χ2v) is 4.06. The molecule has 0 unspecified atom stereocenters. The smallest absolute Gasteiger partial charge is 0.233 e. The monoisotopic (exact) mass is 244 g/mol. The van der Waals surface area contributed by atoms with Gasteiger partial charge < -0.3 is 15.7 Å². The van der Waals surface area contributed by atoms with Crippen molar-refractivity contribution in [2.24, 2.45) is 0 Å². The highest BCUT2D eigenvalue weighted by Crippen LogP contribution is 2.26. The first-order chi connectivity index (χ1) is 8.72. The van der Waals surface area contributed by atoms with E-state index in [-0.39, 0.29) is 18.2 Å². The summed E-state index contributed by atoms with van der Waals surface area (Å²) in [5.41, 5.74) is 0.817. The quantitative estimate of drug-likeness (QED) is 0.761. The first kappa shape index (κ1) is 12.4. The maximum absolute atomic E-state index is 11.1. The van der Waals surface area contributed by atoms with Crippen LogP contribution in [0.5, 0.6) is 5.75 Å². The van der Waals surface area contributed by atoms with Crippen LogP contribution in [-0.4, -0.2) is 24.6 Å². The Balaban J connectivity index is 2.21. The summed E-state index contributed by atoms with van der Waals surface area (Å²) in [6, 6.07) is 11.4. The minimum absolute atomic E-state index is 0.0743. The molecule has 94 valence electrons. The molecule has 0 aromatic heterocycles. The summed E-state index contributed by atoms with van der Waals surface area (Å²) in [7, 11) is 1.60. The Bertz CT molecular complexity index is 567. The van der Waals surface area contributed by atoms with E-state index in [0.717, 1.165) is 16.3 Å². The van der Waals surface area contributed by atoms with Crippen molar-refractivity contribution in [3.63, 3.8) is 0 Å². The molecular formula is C14H16N2O2. The summed E-state index contributed by atoms with van der Waals surface area (Å²) in [6.07, 6.45) is 0. The van der Waals surface area contributed by atoms with E-state index in [0.29, 0.717) is 6.54 Å². The molecule has 4 nitrogen and oxygen atoms in total. The molecule has 0 bridgehead atoms. The van der Waals surface area contributed by atoms with Crippen molar-refractivity contribution >= 4 is 16.7 Å². The summed E-state index contributed by atoms with van der Waals surface area (Å²) in [6.45, 7) is 0.694. The second kappa shape index (κ2) is 5.51. The molecule has 0 aliphatic heterocycles. The topological polar surface area (TPSA) is 61.4 Å². The molecule has 0 fully saturated rings. The van der Waals surface area contributed by atoms with Crippen LogP contribution in [-0.2, 0) is 11.3 Å². The molecule has 0 aliphatic rings. The summed E-state index contributed by atoms with van der Waals surface area (Å²) in [4.78, 5) is 11.1. The van der Waals surface area contributed by atoms with Gasteiger partial charge in [-0.2, -0.15) is 0 Å². The van der Waals surface area contributed by atoms with E-state index in [1.165, 1.54) is 0 Å². The van der Waals surface area contributed by atoms with Gasteiger partial charge in [0.1, 0.15) is 5.75 Å². The number of carbonyl (C=O) groups excluding carboxylic acids is 1. The predicted octanol–water partition coefficient (Wildman–Crippen LogP) is 1.38. The lowest BCUT2D eigenvalue weighted by Crippen LogP contribution is -2.31. The fraction of sp³-hybridized carbons (Fsp3) is 0.214. The average Bonchev–Trinajstić information content (AvgIpc) is 2.41. The van der Waals surface area contributed by atoms with Crippen molar-refractivity contribution in [3.8, 4) is 5.75 Å². The van der Waals surface area contributed by atoms with Crippen molar-refractivity contribution in [1.29, 1.82) is 0 Å². The van der Waals surface area contributed by atoms with E-state index in [1.807, 2.05) is 30.3 Å². The number of hydrogen-bond acceptors (Lipinski definition) is 3. The van der Waals surface area contributed by atoms with Gasteiger partial charge in [-0.05, 0) is 16.8 Å². The van der Waals surface area contributed by atoms with E-state index in [2.05, 4.69) is 10.6 Å². The third-order valence-corrected chi connectivity index (χ3v) is 2.88. The third kappa shape index (κ3) is 2.60. The summed E-state index contributed by atoms with van der Waals surface area (Å²) < 4.78 is 0. The number of aromatic hydroxyl groups is 1. The zero-order valence-corrected chi connectivity index (χ0v) is 10.2. The molecular weight excluding hydrogens is 228 g/mol. The van der Waals surface area contributed by atoms with Crippen LogP contribution in [0.2, 0.25) is 0 Å². The zero-order chi connectivity index (χ0) is 13.0. The number of nitrogens with one attached hydrogen (secondary N) is 2. The fourth-order valence-electron chi connectivity index (χ4n) is 1.90. The molecule has 0 radical (unpaired) electrons. The maximum atomic E-state index is 11.1. The van der Waals surface area contributed by atoms with E-state index in [4.69, 9.17) is 0 Å². The van der Waals surface area contributed by atoms with Crippen molar-refractivity contribution in [3.05, 3.63) is 42.0 Å². The zero-order valence-electron chi connectivity index (χ0n) is 10.2. The van der Waals surface area contributed by atoms with Crippen LogP contribution in [0.3, 0.4) is 0 Å². The molecule has 2 aromatic rings. The van der Waals surface area contributed by atoms with Crippen LogP contribution in [0, 0.1) is 0 Å². The van der Waals surface area contributed by atoms with Crippen molar-refractivity contribution in [2.45, 2.75) is 6.54 Å². The van der Waals surface area contributed by atoms with Gasteiger partial charge >= 0.3 is 0 Å². The van der Waals surface area contributed by atoms with Gasteiger partial charge in [0.05, 0.1) is 6.54 Å². The van der Waals surface area contributed by atoms with Crippen LogP contribution in [0.4, 0.5) is 0 Å². The summed E-state index contributed by atoms with van der Waals surface area (Å²) in [5.74, 6) is 0.174. The van der Waals surface area contributed by atoms with Crippen LogP contribution in [0.1, 0.15) is 5.56 Å². The number of carbonyl (C=O) groups is 1. The lowest BCUT2D eigenvalue weighted by atomic mass is 10.0. The minimum atomic E-state index is -0.0743. The normalized spacial score (nSPS) is 10.5. The number of benzene rings is 2. The molecule has 0 saturated carbocycles. The van der Waals surface area contributed by atoms with Crippen molar-refractivity contribution in [1.82, 2.24) is 10.6 Å². The van der Waals surface area contributed by atoms with Crippen LogP contribution in [0.15, 0.2) is 36.4 Å². The Hall–Kier alpha value is -2.07. The van der Waals surface area contributed by atoms with Gasteiger partial charge in [0.2, 0.25) is 5.91 Å². The first-order valence-corrected chi connectivity index (χ1v) is 5.83. The molecule has 4 heteroatoms. The molecule has 0 atom stereocenters. The largest absolute Gasteiger partial charge is 0.508 e. The number of likely N-dealkylation sites (N-methyl/N-ethyl adjacent to an activating group) is 1. The Morgan fingerprint density at radius 3 is 2.78 bits per heavy atom. The molecule has 0 aliphatic carbocycles. The number of amides is 1. The Morgan fingerprint density at radius 2 is 2.00 bits per heavy atom. The molecule has 18 heavy (non-hydrogen) atoms. The van der Waals surface area contributed by atoms with Gasteiger partial charge in [-0.3, -0.25) is 4.79 Å². The van der Waals surface area contributed by atoms with E-state index in [1.54, 1.807) is 13.1 Å². The van der Waals surface area contributed by atoms with Gasteiger partial charge in [0.15, 0.2) is 0 Å². The summed E-state index contributed by atoms with van der Waals surface area (Å²) >= 11 is 0. The molecule has 0 heterocycles. The number of rotatable bonds is 4. The van der Waals surface area contributed by atoms with E-state index in [9.17, 15) is 9.90 Å². The predicted molar refractivity (Wildman–Crippen MR) is 71.4 cm³/mol. The van der Waals surface area contributed by atoms with Crippen molar-refractivity contribution < 1.29 is 9.90 Å². The highest BCUT2D eigenvalue weighted by atomic mass is 16.3. The number of hydrogen-bond donors (Lipinski definition) is 3. The maximum Gasteiger partial charge on any atom is 0.233 e. The first-order valence-electron chi connectivity index (χ1n) is 5.83. The minimum Gasteiger partial charge on any atom is -0.508 e. The van der Waals surface area contributed by atoms with Crippen molar-refractivity contribution in [2.75, 3.05) is 13.6 Å². The molecule has 0 spiro atoms. The van der Waals surface area contributed by atoms with Gasteiger partial charge in [0, 0.05) is 19.2 Å². The van der Waals surface area contributed by atoms with Crippen LogP contribution < -0.4 is 10.6 Å². The van der Waals surface area contributed by atoms with Gasteiger partial charge in [-0.15, -0.1) is 0 Å². The second-order valence-electron chi connectivity index (χ2n) is 4.06. The van der Waals surface area contributed by atoms with E-state index < -0.39 is 0 Å². The van der Waals surface area contributed by atoms with Crippen LogP contribution in [0.25, 0.3) is 10.8 Å². The highest BCUT2D eigenvalue weighted by Gasteiger charge is 2.06. The third-order valence-electron chi connectivity index (χ3n) is 2.88. The van der Waals surface area contributed by atoms with Gasteiger partial charge in [-0.1, -0.05) is 30.3 Å². The molecule has 0 saturated heterocycles. The Labute approximate surface area is 106 Å².